The first-order valence-corrected chi connectivity index (χ1v) is 8.91. The summed E-state index contributed by atoms with van der Waals surface area (Å²) in [6.45, 7) is 1.62. The molecule has 0 spiro atoms. The molecule has 1 aromatic carbocycles. The summed E-state index contributed by atoms with van der Waals surface area (Å²) in [5.41, 5.74) is 0.792. The Morgan fingerprint density at radius 2 is 1.85 bits per heavy atom. The van der Waals surface area contributed by atoms with E-state index < -0.39 is 0 Å². The first-order valence-electron chi connectivity index (χ1n) is 8.91. The van der Waals surface area contributed by atoms with E-state index in [1.54, 1.807) is 35.4 Å². The van der Waals surface area contributed by atoms with Crippen molar-refractivity contribution in [1.82, 2.24) is 14.9 Å². The van der Waals surface area contributed by atoms with Crippen LogP contribution in [0.4, 0.5) is 11.6 Å². The van der Waals surface area contributed by atoms with Crippen molar-refractivity contribution in [2.45, 2.75) is 12.5 Å². The van der Waals surface area contributed by atoms with Crippen LogP contribution in [-0.4, -0.2) is 59.5 Å². The molecule has 0 radical (unpaired) electrons. The van der Waals surface area contributed by atoms with Crippen LogP contribution in [0, 0.1) is 5.92 Å². The van der Waals surface area contributed by atoms with Crippen LogP contribution >= 0.6 is 0 Å². The number of hydrogen-bond donors (Lipinski definition) is 1. The summed E-state index contributed by atoms with van der Waals surface area (Å²) in [6, 6.07) is 9.21. The minimum atomic E-state index is -0.298. The van der Waals surface area contributed by atoms with Crippen molar-refractivity contribution in [3.05, 3.63) is 42.7 Å². The Balaban J connectivity index is 1.32. The number of anilines is 2. The molecule has 8 heteroatoms. The summed E-state index contributed by atoms with van der Waals surface area (Å²) in [5.74, 6) is 1.02. The Bertz CT molecular complexity index is 821. The highest BCUT2D eigenvalue weighted by Crippen LogP contribution is 2.29. The van der Waals surface area contributed by atoms with Gasteiger partial charge in [0, 0.05) is 44.1 Å². The minimum Gasteiger partial charge on any atom is -0.497 e. The lowest BCUT2D eigenvalue weighted by atomic mass is 10.0. The van der Waals surface area contributed by atoms with E-state index in [9.17, 15) is 9.59 Å². The summed E-state index contributed by atoms with van der Waals surface area (Å²) >= 11 is 0. The van der Waals surface area contributed by atoms with Crippen molar-refractivity contribution < 1.29 is 14.3 Å². The normalized spacial score (nSPS) is 19.7. The van der Waals surface area contributed by atoms with E-state index in [1.165, 1.54) is 0 Å². The Morgan fingerprint density at radius 1 is 1.15 bits per heavy atom. The van der Waals surface area contributed by atoms with Crippen LogP contribution in [0.2, 0.25) is 0 Å². The summed E-state index contributed by atoms with van der Waals surface area (Å²) in [7, 11) is 1.60. The van der Waals surface area contributed by atoms with Crippen molar-refractivity contribution in [3.8, 4) is 5.75 Å². The molecule has 1 atom stereocenters. The van der Waals surface area contributed by atoms with E-state index in [1.807, 2.05) is 24.3 Å². The lowest BCUT2D eigenvalue weighted by Gasteiger charge is -2.40. The number of rotatable bonds is 5. The Labute approximate surface area is 157 Å². The fourth-order valence-corrected chi connectivity index (χ4v) is 3.45. The quantitative estimate of drug-likeness (QED) is 0.853. The van der Waals surface area contributed by atoms with Crippen molar-refractivity contribution in [3.63, 3.8) is 0 Å². The second-order valence-electron chi connectivity index (χ2n) is 6.76. The Morgan fingerprint density at radius 3 is 2.52 bits per heavy atom. The van der Waals surface area contributed by atoms with Crippen LogP contribution in [0.1, 0.15) is 6.42 Å². The van der Waals surface area contributed by atoms with Gasteiger partial charge in [-0.3, -0.25) is 9.59 Å². The molecule has 140 valence electrons. The number of nitrogens with one attached hydrogen (secondary N) is 1. The number of nitrogens with zero attached hydrogens (tertiary/aromatic N) is 4. The summed E-state index contributed by atoms with van der Waals surface area (Å²) in [6.07, 6.45) is 3.60. The number of methoxy groups -OCH3 is 1. The lowest BCUT2D eigenvalue weighted by molar-refractivity contribution is -0.139. The molecule has 27 heavy (non-hydrogen) atoms. The number of aromatic nitrogens is 2. The molecular formula is C19H21N5O3. The molecule has 1 unspecified atom stereocenters. The number of benzene rings is 1. The standard InChI is InChI=1S/C19H21N5O3/c1-27-16-5-3-15(4-6-16)24-10-13(9-17(24)25)18(26)23-11-14(12-23)22-19-20-7-2-8-21-19/h2-8,13-14H,9-12H2,1H3,(H,20,21,22). The molecule has 2 fully saturated rings. The third-order valence-corrected chi connectivity index (χ3v) is 4.95. The number of carbonyl (C=O) groups is 2. The van der Waals surface area contributed by atoms with E-state index in [-0.39, 0.29) is 30.2 Å². The van der Waals surface area contributed by atoms with Gasteiger partial charge in [-0.15, -0.1) is 0 Å². The van der Waals surface area contributed by atoms with Gasteiger partial charge in [-0.2, -0.15) is 0 Å². The van der Waals surface area contributed by atoms with Crippen LogP contribution in [0.5, 0.6) is 5.75 Å². The molecule has 2 saturated heterocycles. The third kappa shape index (κ3) is 3.55. The van der Waals surface area contributed by atoms with E-state index >= 15 is 0 Å². The van der Waals surface area contributed by atoms with E-state index in [4.69, 9.17) is 4.74 Å². The highest BCUT2D eigenvalue weighted by molar-refractivity contribution is 6.00. The predicted octanol–water partition coefficient (Wildman–Crippen LogP) is 1.16. The van der Waals surface area contributed by atoms with Crippen LogP contribution in [0.3, 0.4) is 0 Å². The fourth-order valence-electron chi connectivity index (χ4n) is 3.45. The molecule has 8 nitrogen and oxygen atoms in total. The van der Waals surface area contributed by atoms with Crippen molar-refractivity contribution >= 4 is 23.5 Å². The molecular weight excluding hydrogens is 346 g/mol. The number of likely N-dealkylation sites (tertiary alicyclic amines) is 1. The molecule has 1 N–H and O–H groups in total. The second-order valence-corrected chi connectivity index (χ2v) is 6.76. The second kappa shape index (κ2) is 7.22. The molecule has 4 rings (SSSR count). The zero-order valence-corrected chi connectivity index (χ0v) is 15.0. The van der Waals surface area contributed by atoms with Gasteiger partial charge in [0.2, 0.25) is 17.8 Å². The number of hydrogen-bond acceptors (Lipinski definition) is 6. The largest absolute Gasteiger partial charge is 0.497 e. The van der Waals surface area contributed by atoms with Gasteiger partial charge in [0.15, 0.2) is 0 Å². The van der Waals surface area contributed by atoms with Crippen LogP contribution in [-0.2, 0) is 9.59 Å². The van der Waals surface area contributed by atoms with E-state index in [0.29, 0.717) is 25.6 Å². The molecule has 2 aromatic rings. The summed E-state index contributed by atoms with van der Waals surface area (Å²) < 4.78 is 5.15. The molecule has 2 aliphatic heterocycles. The highest BCUT2D eigenvalue weighted by Gasteiger charge is 2.41. The Kier molecular flexibility index (Phi) is 4.62. The molecule has 0 aliphatic carbocycles. The van der Waals surface area contributed by atoms with Crippen LogP contribution in [0.25, 0.3) is 0 Å². The van der Waals surface area contributed by atoms with Gasteiger partial charge >= 0.3 is 0 Å². The first-order chi connectivity index (χ1) is 13.1. The van der Waals surface area contributed by atoms with Crippen LogP contribution in [0.15, 0.2) is 42.7 Å². The molecule has 3 heterocycles. The third-order valence-electron chi connectivity index (χ3n) is 4.95. The van der Waals surface area contributed by atoms with Gasteiger partial charge in [0.25, 0.3) is 0 Å². The molecule has 2 aliphatic rings. The summed E-state index contributed by atoms with van der Waals surface area (Å²) in [5, 5.41) is 3.20. The van der Waals surface area contributed by atoms with Gasteiger partial charge in [0.05, 0.1) is 19.1 Å². The number of amides is 2. The van der Waals surface area contributed by atoms with E-state index in [0.717, 1.165) is 11.4 Å². The van der Waals surface area contributed by atoms with Gasteiger partial charge in [0.1, 0.15) is 5.75 Å². The molecule has 0 bridgehead atoms. The predicted molar refractivity (Wildman–Crippen MR) is 99.5 cm³/mol. The van der Waals surface area contributed by atoms with Gasteiger partial charge in [-0.05, 0) is 30.3 Å². The maximum Gasteiger partial charge on any atom is 0.228 e. The lowest BCUT2D eigenvalue weighted by Crippen LogP contribution is -2.58. The van der Waals surface area contributed by atoms with Crippen molar-refractivity contribution in [2.24, 2.45) is 5.92 Å². The smallest absolute Gasteiger partial charge is 0.228 e. The molecule has 2 amide bonds. The average Bonchev–Trinajstić information content (AvgIpc) is 3.06. The average molecular weight is 367 g/mol. The minimum absolute atomic E-state index is 0.0219. The van der Waals surface area contributed by atoms with Crippen LogP contribution < -0.4 is 15.0 Å². The maximum atomic E-state index is 12.7. The van der Waals surface area contributed by atoms with Gasteiger partial charge in [-0.1, -0.05) is 0 Å². The van der Waals surface area contributed by atoms with E-state index in [2.05, 4.69) is 15.3 Å². The zero-order chi connectivity index (χ0) is 18.8. The first kappa shape index (κ1) is 17.3. The zero-order valence-electron chi connectivity index (χ0n) is 15.0. The van der Waals surface area contributed by atoms with Gasteiger partial charge < -0.3 is 19.9 Å². The van der Waals surface area contributed by atoms with Crippen molar-refractivity contribution in [1.29, 1.82) is 0 Å². The van der Waals surface area contributed by atoms with Gasteiger partial charge in [-0.25, -0.2) is 9.97 Å². The Hall–Kier alpha value is -3.16. The van der Waals surface area contributed by atoms with Crippen molar-refractivity contribution in [2.75, 3.05) is 37.0 Å². The molecule has 0 saturated carbocycles. The monoisotopic (exact) mass is 367 g/mol. The maximum absolute atomic E-state index is 12.7. The highest BCUT2D eigenvalue weighted by atomic mass is 16.5. The topological polar surface area (TPSA) is 87.7 Å². The number of carbonyl (C=O) groups excluding carboxylic acids is 2. The fraction of sp³-hybridized carbons (Fsp3) is 0.368. The molecule has 1 aromatic heterocycles. The summed E-state index contributed by atoms with van der Waals surface area (Å²) in [4.78, 5) is 36.8. The SMILES string of the molecule is COc1ccc(N2CC(C(=O)N3CC(Nc4ncccn4)C3)CC2=O)cc1. The number of ether oxygens (including phenoxy) is 1.